The number of imidazole rings is 1. The first kappa shape index (κ1) is 14.6. The van der Waals surface area contributed by atoms with Gasteiger partial charge in [-0.25, -0.2) is 4.98 Å². The number of nitrogens with one attached hydrogen (secondary N) is 1. The quantitative estimate of drug-likeness (QED) is 0.799. The monoisotopic (exact) mass is 313 g/mol. The molecule has 3 aromatic rings. The minimum absolute atomic E-state index is 0.0730. The third-order valence-corrected chi connectivity index (χ3v) is 3.87. The summed E-state index contributed by atoms with van der Waals surface area (Å²) in [4.78, 5) is 16.6. The molecular formula is C17H16ClN3O. The largest absolute Gasteiger partial charge is 0.324 e. The number of carbonyl (C=O) groups is 1. The van der Waals surface area contributed by atoms with Gasteiger partial charge in [-0.15, -0.1) is 0 Å². The molecule has 0 unspecified atom stereocenters. The van der Waals surface area contributed by atoms with Crippen LogP contribution in [0.4, 0.5) is 5.69 Å². The van der Waals surface area contributed by atoms with E-state index in [2.05, 4.69) is 10.3 Å². The molecule has 5 heteroatoms. The van der Waals surface area contributed by atoms with Crippen LogP contribution in [0.2, 0.25) is 5.02 Å². The van der Waals surface area contributed by atoms with E-state index in [-0.39, 0.29) is 5.91 Å². The fourth-order valence-corrected chi connectivity index (χ4v) is 2.60. The van der Waals surface area contributed by atoms with E-state index in [1.54, 1.807) is 12.1 Å². The molecule has 0 atom stereocenters. The predicted octanol–water partition coefficient (Wildman–Crippen LogP) is 3.79. The van der Waals surface area contributed by atoms with Crippen molar-refractivity contribution in [2.24, 2.45) is 0 Å². The fourth-order valence-electron chi connectivity index (χ4n) is 2.39. The highest BCUT2D eigenvalue weighted by Crippen LogP contribution is 2.16. The number of halogens is 1. The summed E-state index contributed by atoms with van der Waals surface area (Å²) in [7, 11) is 0. The molecule has 0 aliphatic carbocycles. The van der Waals surface area contributed by atoms with Gasteiger partial charge in [-0.1, -0.05) is 23.7 Å². The van der Waals surface area contributed by atoms with E-state index >= 15 is 0 Å². The Bertz CT molecular complexity index is 854. The van der Waals surface area contributed by atoms with Gasteiger partial charge in [0.15, 0.2) is 0 Å². The zero-order valence-corrected chi connectivity index (χ0v) is 13.2. The van der Waals surface area contributed by atoms with Crippen LogP contribution in [0.1, 0.15) is 17.0 Å². The second-order valence-corrected chi connectivity index (χ2v) is 5.72. The molecule has 0 fully saturated rings. The van der Waals surface area contributed by atoms with Crippen molar-refractivity contribution in [3.8, 4) is 0 Å². The summed E-state index contributed by atoms with van der Waals surface area (Å²) in [5, 5.41) is 3.54. The zero-order chi connectivity index (χ0) is 15.7. The van der Waals surface area contributed by atoms with Crippen LogP contribution in [0, 0.1) is 13.8 Å². The summed E-state index contributed by atoms with van der Waals surface area (Å²) in [6, 6.07) is 11.1. The van der Waals surface area contributed by atoms with Crippen LogP contribution in [0.3, 0.4) is 0 Å². The molecule has 0 saturated carbocycles. The Balaban J connectivity index is 1.77. The smallest absolute Gasteiger partial charge is 0.228 e. The Hall–Kier alpha value is -2.33. The van der Waals surface area contributed by atoms with Crippen LogP contribution in [-0.4, -0.2) is 15.3 Å². The van der Waals surface area contributed by atoms with E-state index in [0.29, 0.717) is 11.4 Å². The summed E-state index contributed by atoms with van der Waals surface area (Å²) >= 11 is 5.93. The SMILES string of the molecule is Cc1nc2ccc(NC(=O)Cc3cccc(Cl)c3)cn2c1C. The average molecular weight is 314 g/mol. The summed E-state index contributed by atoms with van der Waals surface area (Å²) in [5.41, 5.74) is 4.58. The molecule has 0 radical (unpaired) electrons. The molecule has 0 aliphatic rings. The number of nitrogens with zero attached hydrogens (tertiary/aromatic N) is 2. The van der Waals surface area contributed by atoms with E-state index in [9.17, 15) is 4.79 Å². The number of aryl methyl sites for hydroxylation is 2. The Morgan fingerprint density at radius 2 is 2.09 bits per heavy atom. The summed E-state index contributed by atoms with van der Waals surface area (Å²) < 4.78 is 1.98. The Labute approximate surface area is 133 Å². The number of carbonyl (C=O) groups excluding carboxylic acids is 1. The average Bonchev–Trinajstić information content (AvgIpc) is 2.74. The fraction of sp³-hybridized carbons (Fsp3) is 0.176. The molecule has 0 aliphatic heterocycles. The van der Waals surface area contributed by atoms with E-state index in [1.165, 1.54) is 0 Å². The van der Waals surface area contributed by atoms with E-state index in [4.69, 9.17) is 11.6 Å². The molecule has 0 bridgehead atoms. The molecule has 2 heterocycles. The first-order chi connectivity index (χ1) is 10.5. The Kier molecular flexibility index (Phi) is 3.86. The van der Waals surface area contributed by atoms with Crippen molar-refractivity contribution < 1.29 is 4.79 Å². The predicted molar refractivity (Wildman–Crippen MR) is 88.5 cm³/mol. The van der Waals surface area contributed by atoms with Gasteiger partial charge in [-0.2, -0.15) is 0 Å². The number of aromatic nitrogens is 2. The normalized spacial score (nSPS) is 10.9. The maximum Gasteiger partial charge on any atom is 0.228 e. The number of anilines is 1. The van der Waals surface area contributed by atoms with Crippen molar-refractivity contribution in [1.82, 2.24) is 9.38 Å². The summed E-state index contributed by atoms with van der Waals surface area (Å²) in [6.45, 7) is 3.98. The van der Waals surface area contributed by atoms with Crippen LogP contribution >= 0.6 is 11.6 Å². The second-order valence-electron chi connectivity index (χ2n) is 5.28. The number of hydrogen-bond donors (Lipinski definition) is 1. The lowest BCUT2D eigenvalue weighted by Gasteiger charge is -2.07. The van der Waals surface area contributed by atoms with Gasteiger partial charge in [-0.3, -0.25) is 4.79 Å². The first-order valence-electron chi connectivity index (χ1n) is 7.02. The van der Waals surface area contributed by atoms with E-state index in [0.717, 1.165) is 28.3 Å². The number of rotatable bonds is 3. The van der Waals surface area contributed by atoms with E-state index < -0.39 is 0 Å². The maximum atomic E-state index is 12.1. The van der Waals surface area contributed by atoms with Crippen molar-refractivity contribution in [1.29, 1.82) is 0 Å². The van der Waals surface area contributed by atoms with E-state index in [1.807, 2.05) is 48.7 Å². The molecule has 3 rings (SSSR count). The lowest BCUT2D eigenvalue weighted by molar-refractivity contribution is -0.115. The highest BCUT2D eigenvalue weighted by atomic mass is 35.5. The Morgan fingerprint density at radius 3 is 2.86 bits per heavy atom. The minimum atomic E-state index is -0.0730. The molecule has 0 saturated heterocycles. The number of pyridine rings is 1. The number of hydrogen-bond acceptors (Lipinski definition) is 2. The van der Waals surface area contributed by atoms with Gasteiger partial charge in [0.1, 0.15) is 5.65 Å². The molecule has 1 amide bonds. The molecular weight excluding hydrogens is 298 g/mol. The van der Waals surface area contributed by atoms with Crippen LogP contribution in [0.5, 0.6) is 0 Å². The first-order valence-corrected chi connectivity index (χ1v) is 7.40. The van der Waals surface area contributed by atoms with Gasteiger partial charge < -0.3 is 9.72 Å². The standard InChI is InChI=1S/C17H16ClN3O/c1-11-12(2)21-10-15(6-7-16(21)19-11)20-17(22)9-13-4-3-5-14(18)8-13/h3-8,10H,9H2,1-2H3,(H,20,22). The zero-order valence-electron chi connectivity index (χ0n) is 12.4. The van der Waals surface area contributed by atoms with Crippen molar-refractivity contribution in [2.45, 2.75) is 20.3 Å². The van der Waals surface area contributed by atoms with Crippen LogP contribution in [0.25, 0.3) is 5.65 Å². The third kappa shape index (κ3) is 2.97. The topological polar surface area (TPSA) is 46.4 Å². The summed E-state index contributed by atoms with van der Waals surface area (Å²) in [6.07, 6.45) is 2.18. The van der Waals surface area contributed by atoms with Crippen molar-refractivity contribution in [2.75, 3.05) is 5.32 Å². The van der Waals surface area contributed by atoms with Crippen molar-refractivity contribution in [3.63, 3.8) is 0 Å². The van der Waals surface area contributed by atoms with Gasteiger partial charge in [0, 0.05) is 16.9 Å². The number of fused-ring (bicyclic) bond motifs is 1. The molecule has 112 valence electrons. The lowest BCUT2D eigenvalue weighted by Crippen LogP contribution is -2.14. The van der Waals surface area contributed by atoms with Crippen molar-refractivity contribution >= 4 is 28.8 Å². The highest BCUT2D eigenvalue weighted by molar-refractivity contribution is 6.30. The highest BCUT2D eigenvalue weighted by Gasteiger charge is 2.08. The van der Waals surface area contributed by atoms with Gasteiger partial charge in [0.05, 0.1) is 17.8 Å². The summed E-state index contributed by atoms with van der Waals surface area (Å²) in [5.74, 6) is -0.0730. The third-order valence-electron chi connectivity index (χ3n) is 3.63. The van der Waals surface area contributed by atoms with Gasteiger partial charge in [0.25, 0.3) is 0 Å². The maximum absolute atomic E-state index is 12.1. The second kappa shape index (κ2) is 5.81. The lowest BCUT2D eigenvalue weighted by atomic mass is 10.1. The number of amides is 1. The molecule has 22 heavy (non-hydrogen) atoms. The van der Waals surface area contributed by atoms with Gasteiger partial charge in [-0.05, 0) is 43.7 Å². The molecule has 1 N–H and O–H groups in total. The number of benzene rings is 1. The van der Waals surface area contributed by atoms with Gasteiger partial charge >= 0.3 is 0 Å². The Morgan fingerprint density at radius 1 is 1.27 bits per heavy atom. The molecule has 2 aromatic heterocycles. The van der Waals surface area contributed by atoms with Crippen LogP contribution in [0.15, 0.2) is 42.6 Å². The van der Waals surface area contributed by atoms with Crippen LogP contribution in [-0.2, 0) is 11.2 Å². The van der Waals surface area contributed by atoms with Crippen LogP contribution < -0.4 is 5.32 Å². The van der Waals surface area contributed by atoms with Gasteiger partial charge in [0.2, 0.25) is 5.91 Å². The molecule has 1 aromatic carbocycles. The molecule has 4 nitrogen and oxygen atoms in total. The molecule has 0 spiro atoms. The van der Waals surface area contributed by atoms with Crippen molar-refractivity contribution in [3.05, 3.63) is 64.6 Å². The minimum Gasteiger partial charge on any atom is -0.324 e.